The summed E-state index contributed by atoms with van der Waals surface area (Å²) >= 11 is 0. The van der Waals surface area contributed by atoms with E-state index in [9.17, 15) is 23.1 Å². The highest BCUT2D eigenvalue weighted by atomic mass is 19.4. The number of carbonyl (C=O) groups excluding carboxylic acids is 1. The molecular weight excluding hydrogens is 321 g/mol. The predicted molar refractivity (Wildman–Crippen MR) is 82.0 cm³/mol. The number of amides is 1. The number of fused-ring (bicyclic) bond motifs is 1. The minimum absolute atomic E-state index is 0.184. The summed E-state index contributed by atoms with van der Waals surface area (Å²) in [5, 5.41) is 14.7. The van der Waals surface area contributed by atoms with Crippen LogP contribution < -0.4 is 0 Å². The molecule has 1 heterocycles. The molecule has 1 N–H and O–H groups in total. The molecule has 0 saturated heterocycles. The molecule has 0 spiro atoms. The molecule has 1 saturated carbocycles. The van der Waals surface area contributed by atoms with Crippen molar-refractivity contribution in [2.45, 2.75) is 50.4 Å². The Bertz CT molecular complexity index is 645. The Kier molecular flexibility index (Phi) is 4.38. The topological polar surface area (TPSA) is 52.9 Å². The first kappa shape index (κ1) is 17.0. The van der Waals surface area contributed by atoms with E-state index in [1.54, 1.807) is 30.3 Å². The van der Waals surface area contributed by atoms with Crippen LogP contribution in [0, 0.1) is 5.92 Å². The van der Waals surface area contributed by atoms with Crippen LogP contribution in [0.15, 0.2) is 35.4 Å². The molecule has 2 aliphatic rings. The first-order chi connectivity index (χ1) is 11.3. The van der Waals surface area contributed by atoms with Crippen LogP contribution in [0.1, 0.15) is 37.7 Å². The number of nitrogens with zero attached hydrogens (tertiary/aromatic N) is 2. The van der Waals surface area contributed by atoms with Crippen LogP contribution in [0.4, 0.5) is 13.2 Å². The molecule has 130 valence electrons. The number of rotatable bonds is 2. The fourth-order valence-corrected chi connectivity index (χ4v) is 3.49. The van der Waals surface area contributed by atoms with Gasteiger partial charge < -0.3 is 5.11 Å². The van der Waals surface area contributed by atoms with Gasteiger partial charge in [-0.15, -0.1) is 0 Å². The molecule has 1 aliphatic carbocycles. The van der Waals surface area contributed by atoms with Crippen molar-refractivity contribution in [2.24, 2.45) is 11.0 Å². The lowest BCUT2D eigenvalue weighted by atomic mass is 9.87. The Balaban J connectivity index is 1.93. The molecule has 0 unspecified atom stereocenters. The van der Waals surface area contributed by atoms with Crippen molar-refractivity contribution in [2.75, 3.05) is 0 Å². The van der Waals surface area contributed by atoms with E-state index in [1.807, 2.05) is 0 Å². The minimum atomic E-state index is -4.96. The average Bonchev–Trinajstić information content (AvgIpc) is 2.69. The quantitative estimate of drug-likeness (QED) is 0.898. The number of hydrogen-bond acceptors (Lipinski definition) is 3. The fraction of sp³-hybridized carbons (Fsp3) is 0.529. The number of alkyl halides is 3. The predicted octanol–water partition coefficient (Wildman–Crippen LogP) is 3.26. The van der Waals surface area contributed by atoms with Gasteiger partial charge in [-0.05, 0) is 24.8 Å². The summed E-state index contributed by atoms with van der Waals surface area (Å²) in [7, 11) is 0. The number of carbonyl (C=O) groups is 1. The molecule has 3 rings (SSSR count). The number of halogens is 3. The van der Waals surface area contributed by atoms with Crippen LogP contribution in [-0.2, 0) is 11.2 Å². The van der Waals surface area contributed by atoms with Crippen molar-refractivity contribution in [3.05, 3.63) is 35.9 Å². The number of hydrogen-bond donors (Lipinski definition) is 1. The average molecular weight is 340 g/mol. The van der Waals surface area contributed by atoms with Crippen molar-refractivity contribution < 1.29 is 23.1 Å². The van der Waals surface area contributed by atoms with Crippen molar-refractivity contribution in [1.82, 2.24) is 5.01 Å². The maximum absolute atomic E-state index is 13.7. The second-order valence-electron chi connectivity index (χ2n) is 6.34. The van der Waals surface area contributed by atoms with Crippen molar-refractivity contribution in [3.8, 4) is 0 Å². The summed E-state index contributed by atoms with van der Waals surface area (Å²) in [4.78, 5) is 12.5. The molecule has 1 aromatic rings. The standard InChI is InChI=1S/C17H19F3N2O2/c18-17(19,20)16(24)13-9-5-2-6-10-14(13)21-22(16)15(23)11-12-7-3-1-4-8-12/h1,3-4,7-8,13,24H,2,5-6,9-11H2/t13-,16+/m1/s1. The maximum atomic E-state index is 13.7. The van der Waals surface area contributed by atoms with Gasteiger partial charge in [-0.2, -0.15) is 23.3 Å². The largest absolute Gasteiger partial charge is 0.439 e. The van der Waals surface area contributed by atoms with Crippen LogP contribution in [0.3, 0.4) is 0 Å². The Labute approximate surface area is 138 Å². The van der Waals surface area contributed by atoms with Crippen LogP contribution in [0.2, 0.25) is 0 Å². The van der Waals surface area contributed by atoms with E-state index in [1.165, 1.54) is 0 Å². The lowest BCUT2D eigenvalue weighted by Gasteiger charge is -2.37. The maximum Gasteiger partial charge on any atom is 0.439 e. The summed E-state index contributed by atoms with van der Waals surface area (Å²) < 4.78 is 41.0. The van der Waals surface area contributed by atoms with E-state index in [2.05, 4.69) is 5.10 Å². The van der Waals surface area contributed by atoms with Crippen LogP contribution in [-0.4, -0.2) is 33.6 Å². The van der Waals surface area contributed by atoms with E-state index in [-0.39, 0.29) is 23.6 Å². The van der Waals surface area contributed by atoms with E-state index in [4.69, 9.17) is 0 Å². The van der Waals surface area contributed by atoms with Gasteiger partial charge in [0.2, 0.25) is 5.91 Å². The van der Waals surface area contributed by atoms with Gasteiger partial charge in [0, 0.05) is 5.71 Å². The van der Waals surface area contributed by atoms with E-state index in [0.29, 0.717) is 18.4 Å². The molecule has 4 nitrogen and oxygen atoms in total. The summed E-state index contributed by atoms with van der Waals surface area (Å²) in [6, 6.07) is 8.49. The van der Waals surface area contributed by atoms with E-state index < -0.39 is 23.7 Å². The fourth-order valence-electron chi connectivity index (χ4n) is 3.49. The van der Waals surface area contributed by atoms with Gasteiger partial charge in [0.05, 0.1) is 12.3 Å². The third kappa shape index (κ3) is 2.81. The van der Waals surface area contributed by atoms with Crippen LogP contribution in [0.25, 0.3) is 0 Å². The molecule has 1 fully saturated rings. The zero-order chi connectivity index (χ0) is 17.4. The summed E-state index contributed by atoms with van der Waals surface area (Å²) in [5.41, 5.74) is -2.37. The molecule has 1 aromatic carbocycles. The van der Waals surface area contributed by atoms with Gasteiger partial charge in [-0.3, -0.25) is 4.79 Å². The third-order valence-corrected chi connectivity index (χ3v) is 4.72. The minimum Gasteiger partial charge on any atom is -0.362 e. The van der Waals surface area contributed by atoms with Crippen molar-refractivity contribution >= 4 is 11.6 Å². The number of aliphatic hydroxyl groups is 1. The molecule has 7 heteroatoms. The Hall–Kier alpha value is -1.89. The summed E-state index contributed by atoms with van der Waals surface area (Å²) in [6.45, 7) is 0. The zero-order valence-electron chi connectivity index (χ0n) is 13.1. The second kappa shape index (κ2) is 6.20. The molecular formula is C17H19F3N2O2. The number of benzene rings is 1. The van der Waals surface area contributed by atoms with Crippen LogP contribution in [0.5, 0.6) is 0 Å². The molecule has 0 bridgehead atoms. The monoisotopic (exact) mass is 340 g/mol. The van der Waals surface area contributed by atoms with Gasteiger partial charge >= 0.3 is 6.18 Å². The molecule has 2 atom stereocenters. The highest BCUT2D eigenvalue weighted by Crippen LogP contribution is 2.47. The highest BCUT2D eigenvalue weighted by Gasteiger charge is 2.68. The normalized spacial score (nSPS) is 27.4. The SMILES string of the molecule is O=C(Cc1ccccc1)N1N=C2CCCCC[C@H]2[C@]1(O)C(F)(F)F. The van der Waals surface area contributed by atoms with Crippen molar-refractivity contribution in [1.29, 1.82) is 0 Å². The molecule has 0 aromatic heterocycles. The molecule has 0 radical (unpaired) electrons. The summed E-state index contributed by atoms with van der Waals surface area (Å²) in [5.74, 6) is -2.01. The Morgan fingerprint density at radius 1 is 1.25 bits per heavy atom. The third-order valence-electron chi connectivity index (χ3n) is 4.72. The van der Waals surface area contributed by atoms with Gasteiger partial charge in [-0.1, -0.05) is 43.2 Å². The highest BCUT2D eigenvalue weighted by molar-refractivity contribution is 5.93. The van der Waals surface area contributed by atoms with E-state index >= 15 is 0 Å². The smallest absolute Gasteiger partial charge is 0.362 e. The number of hydrazone groups is 1. The Morgan fingerprint density at radius 3 is 2.62 bits per heavy atom. The summed E-state index contributed by atoms with van der Waals surface area (Å²) in [6.07, 6.45) is -2.50. The molecule has 24 heavy (non-hydrogen) atoms. The second-order valence-corrected chi connectivity index (χ2v) is 6.34. The zero-order valence-corrected chi connectivity index (χ0v) is 13.1. The lowest BCUT2D eigenvalue weighted by Crippen LogP contribution is -2.61. The molecule has 1 amide bonds. The van der Waals surface area contributed by atoms with Crippen molar-refractivity contribution in [3.63, 3.8) is 0 Å². The van der Waals surface area contributed by atoms with Gasteiger partial charge in [0.1, 0.15) is 0 Å². The van der Waals surface area contributed by atoms with Crippen LogP contribution >= 0.6 is 0 Å². The first-order valence-corrected chi connectivity index (χ1v) is 8.07. The molecule has 1 aliphatic heterocycles. The van der Waals surface area contributed by atoms with Gasteiger partial charge in [0.15, 0.2) is 0 Å². The Morgan fingerprint density at radius 2 is 1.96 bits per heavy atom. The first-order valence-electron chi connectivity index (χ1n) is 8.07. The van der Waals surface area contributed by atoms with E-state index in [0.717, 1.165) is 12.8 Å². The van der Waals surface area contributed by atoms with Gasteiger partial charge in [0.25, 0.3) is 5.72 Å². The van der Waals surface area contributed by atoms with Gasteiger partial charge in [-0.25, -0.2) is 0 Å². The lowest BCUT2D eigenvalue weighted by molar-refractivity contribution is -0.316.